The third kappa shape index (κ3) is 4.26. The monoisotopic (exact) mass is 537 g/mol. The van der Waals surface area contributed by atoms with Gasteiger partial charge in [-0.1, -0.05) is 31.2 Å². The minimum Gasteiger partial charge on any atom is -0.494 e. The van der Waals surface area contributed by atoms with E-state index in [1.807, 2.05) is 83.2 Å². The summed E-state index contributed by atoms with van der Waals surface area (Å²) in [6, 6.07) is 5.78. The zero-order valence-corrected chi connectivity index (χ0v) is 23.4. The summed E-state index contributed by atoms with van der Waals surface area (Å²) >= 11 is 0. The number of aliphatic hydroxyl groups is 1. The van der Waals surface area contributed by atoms with Crippen molar-refractivity contribution in [3.63, 3.8) is 0 Å². The number of aliphatic hydroxyl groups excluding tert-OH is 1. The largest absolute Gasteiger partial charge is 0.494 e. The van der Waals surface area contributed by atoms with E-state index in [4.69, 9.17) is 9.47 Å². The van der Waals surface area contributed by atoms with Crippen LogP contribution in [0.25, 0.3) is 0 Å². The summed E-state index contributed by atoms with van der Waals surface area (Å²) in [6.07, 6.45) is 7.28. The molecule has 1 N–H and O–H groups in total. The lowest BCUT2D eigenvalue weighted by Crippen LogP contribution is -2.60. The van der Waals surface area contributed by atoms with Gasteiger partial charge in [0.15, 0.2) is 0 Å². The maximum Gasteiger partial charge on any atom is 0.249 e. The Hall–Kier alpha value is -3.17. The van der Waals surface area contributed by atoms with Crippen LogP contribution in [-0.4, -0.2) is 88.3 Å². The van der Waals surface area contributed by atoms with Gasteiger partial charge >= 0.3 is 0 Å². The van der Waals surface area contributed by atoms with Gasteiger partial charge in [-0.25, -0.2) is 0 Å². The molecule has 0 bridgehead atoms. The highest BCUT2D eigenvalue weighted by molar-refractivity contribution is 6.04. The average Bonchev–Trinajstić information content (AvgIpc) is 3.20. The molecule has 0 aliphatic carbocycles. The maximum absolute atomic E-state index is 14.3. The summed E-state index contributed by atoms with van der Waals surface area (Å²) in [7, 11) is 0. The number of nitrogens with zero attached hydrogens (tertiary/aromatic N) is 3. The Morgan fingerprint density at radius 3 is 2.38 bits per heavy atom. The summed E-state index contributed by atoms with van der Waals surface area (Å²) in [4.78, 5) is 47.7. The number of likely N-dealkylation sites (tertiary alicyclic amines) is 1. The fourth-order valence-electron chi connectivity index (χ4n) is 6.61. The molecule has 9 heteroatoms. The first-order valence-electron chi connectivity index (χ1n) is 13.9. The van der Waals surface area contributed by atoms with Gasteiger partial charge in [0.25, 0.3) is 0 Å². The highest BCUT2D eigenvalue weighted by Gasteiger charge is 2.72. The summed E-state index contributed by atoms with van der Waals surface area (Å²) in [6.45, 7) is 10.6. The van der Waals surface area contributed by atoms with Crippen LogP contribution >= 0.6 is 0 Å². The van der Waals surface area contributed by atoms with Gasteiger partial charge in [0.2, 0.25) is 17.7 Å². The van der Waals surface area contributed by atoms with Crippen LogP contribution in [0, 0.1) is 11.8 Å². The molecule has 1 aromatic rings. The van der Waals surface area contributed by atoms with E-state index in [-0.39, 0.29) is 24.3 Å². The fourth-order valence-corrected chi connectivity index (χ4v) is 6.61. The van der Waals surface area contributed by atoms with Crippen molar-refractivity contribution in [1.82, 2.24) is 9.80 Å². The molecule has 4 heterocycles. The zero-order valence-electron chi connectivity index (χ0n) is 23.4. The van der Waals surface area contributed by atoms with Crippen molar-refractivity contribution in [2.75, 3.05) is 31.2 Å². The van der Waals surface area contributed by atoms with E-state index >= 15 is 0 Å². The SMILES string of the molecule is CCOc1ccc(N2CC=C[C@@H]3O[C@]45C=CCN(C(C)(C)C)C(=O)C4N([C@@H](CC)CO)C(=O)[C@@H]5[C@@H]3C2=O)cc1. The molecule has 4 aliphatic heterocycles. The molecule has 4 aliphatic rings. The van der Waals surface area contributed by atoms with Gasteiger partial charge in [-0.05, 0) is 58.4 Å². The zero-order chi connectivity index (χ0) is 28.1. The van der Waals surface area contributed by atoms with E-state index in [2.05, 4.69) is 0 Å². The number of amides is 3. The molecule has 9 nitrogen and oxygen atoms in total. The van der Waals surface area contributed by atoms with Crippen LogP contribution in [0.3, 0.4) is 0 Å². The molecule has 0 radical (unpaired) electrons. The molecule has 210 valence electrons. The Balaban J connectivity index is 1.59. The summed E-state index contributed by atoms with van der Waals surface area (Å²) in [5.41, 5.74) is -1.11. The highest BCUT2D eigenvalue weighted by atomic mass is 16.5. The third-order valence-corrected chi connectivity index (χ3v) is 8.44. The van der Waals surface area contributed by atoms with Gasteiger partial charge in [-0.15, -0.1) is 0 Å². The van der Waals surface area contributed by atoms with Crippen LogP contribution in [0.2, 0.25) is 0 Å². The van der Waals surface area contributed by atoms with Crippen molar-refractivity contribution in [3.8, 4) is 5.75 Å². The van der Waals surface area contributed by atoms with Crippen LogP contribution in [0.4, 0.5) is 5.69 Å². The van der Waals surface area contributed by atoms with E-state index in [1.165, 1.54) is 4.90 Å². The molecule has 39 heavy (non-hydrogen) atoms. The van der Waals surface area contributed by atoms with Gasteiger partial charge in [-0.3, -0.25) is 14.4 Å². The molecule has 2 saturated heterocycles. The van der Waals surface area contributed by atoms with Crippen molar-refractivity contribution in [2.24, 2.45) is 11.8 Å². The summed E-state index contributed by atoms with van der Waals surface area (Å²) in [5.74, 6) is -1.77. The fraction of sp³-hybridized carbons (Fsp3) is 0.567. The Labute approximate surface area is 230 Å². The molecule has 5 rings (SSSR count). The van der Waals surface area contributed by atoms with E-state index in [1.54, 1.807) is 9.80 Å². The Kier molecular flexibility index (Phi) is 7.09. The first-order chi connectivity index (χ1) is 18.6. The van der Waals surface area contributed by atoms with Crippen molar-refractivity contribution >= 4 is 23.4 Å². The van der Waals surface area contributed by atoms with Gasteiger partial charge in [-0.2, -0.15) is 0 Å². The Morgan fingerprint density at radius 1 is 1.05 bits per heavy atom. The Bertz CT molecular complexity index is 1180. The van der Waals surface area contributed by atoms with E-state index in [0.29, 0.717) is 37.6 Å². The molecule has 1 spiro atoms. The second-order valence-corrected chi connectivity index (χ2v) is 11.7. The maximum atomic E-state index is 14.3. The Morgan fingerprint density at radius 2 is 1.77 bits per heavy atom. The van der Waals surface area contributed by atoms with Crippen molar-refractivity contribution in [2.45, 2.75) is 70.4 Å². The molecular weight excluding hydrogens is 498 g/mol. The minimum absolute atomic E-state index is 0.222. The lowest BCUT2D eigenvalue weighted by atomic mass is 9.77. The van der Waals surface area contributed by atoms with Crippen LogP contribution in [0.1, 0.15) is 41.0 Å². The topological polar surface area (TPSA) is 99.6 Å². The van der Waals surface area contributed by atoms with Crippen LogP contribution in [0.15, 0.2) is 48.6 Å². The molecule has 3 amide bonds. The van der Waals surface area contributed by atoms with Crippen LogP contribution < -0.4 is 9.64 Å². The second kappa shape index (κ2) is 10.1. The molecule has 2 fully saturated rings. The number of benzene rings is 1. The molecular formula is C30H39N3O6. The van der Waals surface area contributed by atoms with E-state index in [0.717, 1.165) is 0 Å². The molecule has 6 atom stereocenters. The minimum atomic E-state index is -1.31. The normalized spacial score (nSPS) is 31.1. The number of carbonyl (C=O) groups excluding carboxylic acids is 3. The van der Waals surface area contributed by atoms with E-state index in [9.17, 15) is 19.5 Å². The molecule has 0 aromatic heterocycles. The second-order valence-electron chi connectivity index (χ2n) is 11.7. The highest BCUT2D eigenvalue weighted by Crippen LogP contribution is 2.54. The van der Waals surface area contributed by atoms with Gasteiger partial charge in [0, 0.05) is 24.3 Å². The number of rotatable bonds is 6. The molecule has 1 aromatic carbocycles. The molecule has 0 saturated carbocycles. The average molecular weight is 538 g/mol. The van der Waals surface area contributed by atoms with Crippen LogP contribution in [0.5, 0.6) is 5.75 Å². The summed E-state index contributed by atoms with van der Waals surface area (Å²) in [5, 5.41) is 10.2. The predicted octanol–water partition coefficient (Wildman–Crippen LogP) is 2.54. The van der Waals surface area contributed by atoms with Gasteiger partial charge in [0.05, 0.1) is 37.2 Å². The van der Waals surface area contributed by atoms with Gasteiger partial charge < -0.3 is 29.3 Å². The van der Waals surface area contributed by atoms with Crippen molar-refractivity contribution < 1.29 is 29.0 Å². The number of hydrogen-bond donors (Lipinski definition) is 1. The number of ether oxygens (including phenoxy) is 2. The number of anilines is 1. The predicted molar refractivity (Wildman–Crippen MR) is 146 cm³/mol. The number of fused-ring (bicyclic) bond motifs is 2. The lowest BCUT2D eigenvalue weighted by molar-refractivity contribution is -0.153. The quantitative estimate of drug-likeness (QED) is 0.560. The van der Waals surface area contributed by atoms with Gasteiger partial charge in [0.1, 0.15) is 17.4 Å². The number of carbonyl (C=O) groups is 3. The molecule has 1 unspecified atom stereocenters. The van der Waals surface area contributed by atoms with E-state index < -0.39 is 41.2 Å². The van der Waals surface area contributed by atoms with Crippen LogP contribution in [-0.2, 0) is 19.1 Å². The lowest BCUT2D eigenvalue weighted by Gasteiger charge is -2.42. The number of hydrogen-bond acceptors (Lipinski definition) is 6. The van der Waals surface area contributed by atoms with Crippen molar-refractivity contribution in [3.05, 3.63) is 48.6 Å². The smallest absolute Gasteiger partial charge is 0.249 e. The first kappa shape index (κ1) is 27.4. The standard InChI is InChI=1S/C30H39N3O6/c1-6-19(18-34)33-25-28(37)32(29(3,4)5)17-9-15-30(25)24(27(33)36)23-22(39-30)10-8-16-31(26(23)35)20-11-13-21(14-12-20)38-7-2/h8-15,19,22-25,34H,6-7,16-18H2,1-5H3/t19-,22-,23+,24-,25?,30-/m0/s1. The first-order valence-corrected chi connectivity index (χ1v) is 13.9. The van der Waals surface area contributed by atoms with Crippen molar-refractivity contribution in [1.29, 1.82) is 0 Å². The third-order valence-electron chi connectivity index (χ3n) is 8.44. The summed E-state index contributed by atoms with van der Waals surface area (Å²) < 4.78 is 12.2.